The van der Waals surface area contributed by atoms with E-state index in [-0.39, 0.29) is 30.6 Å². The maximum Gasteiger partial charge on any atom is 0.238 e. The molecule has 0 atom stereocenters. The molecule has 0 radical (unpaired) electrons. The fraction of sp³-hybridized carbons (Fsp3) is 0.562. The van der Waals surface area contributed by atoms with Crippen molar-refractivity contribution in [3.8, 4) is 0 Å². The fourth-order valence-corrected chi connectivity index (χ4v) is 3.47. The van der Waals surface area contributed by atoms with Crippen molar-refractivity contribution in [1.29, 1.82) is 0 Å². The number of sulfonamides is 1. The first kappa shape index (κ1) is 20.7. The summed E-state index contributed by atoms with van der Waals surface area (Å²) < 4.78 is 26.3. The zero-order valence-electron chi connectivity index (χ0n) is 14.1. The molecule has 0 saturated heterocycles. The number of halogens is 1. The van der Waals surface area contributed by atoms with Gasteiger partial charge in [0.05, 0.1) is 18.0 Å². The third-order valence-electron chi connectivity index (χ3n) is 3.76. The quantitative estimate of drug-likeness (QED) is 0.618. The predicted octanol–water partition coefficient (Wildman–Crippen LogP) is 2.51. The van der Waals surface area contributed by atoms with Crippen molar-refractivity contribution in [1.82, 2.24) is 5.32 Å². The molecule has 2 rings (SSSR count). The van der Waals surface area contributed by atoms with Crippen LogP contribution in [0.2, 0.25) is 0 Å². The predicted molar refractivity (Wildman–Crippen MR) is 100 cm³/mol. The Kier molecular flexibility index (Phi) is 7.99. The van der Waals surface area contributed by atoms with Gasteiger partial charge in [0.2, 0.25) is 15.9 Å². The number of hydrogen-bond acceptors (Lipinski definition) is 4. The van der Waals surface area contributed by atoms with E-state index in [4.69, 9.17) is 0 Å². The zero-order valence-corrected chi connectivity index (χ0v) is 15.7. The van der Waals surface area contributed by atoms with Gasteiger partial charge >= 0.3 is 0 Å². The highest BCUT2D eigenvalue weighted by Crippen LogP contribution is 2.27. The van der Waals surface area contributed by atoms with E-state index < -0.39 is 10.0 Å². The van der Waals surface area contributed by atoms with Crippen molar-refractivity contribution in [3.63, 3.8) is 0 Å². The first-order chi connectivity index (χ1) is 10.9. The second kappa shape index (κ2) is 9.25. The van der Waals surface area contributed by atoms with Crippen molar-refractivity contribution < 1.29 is 13.2 Å². The Bertz CT molecular complexity index is 661. The molecule has 1 amide bonds. The van der Waals surface area contributed by atoms with Crippen LogP contribution < -0.4 is 15.4 Å². The Labute approximate surface area is 150 Å². The molecule has 3 N–H and O–H groups in total. The SMILES string of the molecule is CCCS(=O)(=O)Nc1cccc(NC(=O)CNCC2CC2)c1C.Cl. The van der Waals surface area contributed by atoms with Gasteiger partial charge < -0.3 is 10.6 Å². The van der Waals surface area contributed by atoms with Gasteiger partial charge in [0.1, 0.15) is 0 Å². The standard InChI is InChI=1S/C16H25N3O3S.ClH/c1-3-9-23(21,22)19-15-6-4-5-14(12(15)2)18-16(20)11-17-10-13-7-8-13;/h4-6,13,17,19H,3,7-11H2,1-2H3,(H,18,20);1H. The van der Waals surface area contributed by atoms with Crippen LogP contribution in [0.15, 0.2) is 18.2 Å². The van der Waals surface area contributed by atoms with E-state index in [1.165, 1.54) is 12.8 Å². The summed E-state index contributed by atoms with van der Waals surface area (Å²) in [5, 5.41) is 5.96. The van der Waals surface area contributed by atoms with Gasteiger partial charge in [-0.05, 0) is 56.3 Å². The molecule has 6 nitrogen and oxygen atoms in total. The van der Waals surface area contributed by atoms with Crippen LogP contribution in [0.4, 0.5) is 11.4 Å². The molecular formula is C16H26ClN3O3S. The minimum Gasteiger partial charge on any atom is -0.325 e. The lowest BCUT2D eigenvalue weighted by Crippen LogP contribution is -2.29. The average molecular weight is 376 g/mol. The second-order valence-corrected chi connectivity index (χ2v) is 7.86. The number of hydrogen-bond donors (Lipinski definition) is 3. The van der Waals surface area contributed by atoms with Crippen molar-refractivity contribution in [2.75, 3.05) is 28.9 Å². The van der Waals surface area contributed by atoms with Gasteiger partial charge in [-0.3, -0.25) is 9.52 Å². The van der Waals surface area contributed by atoms with Crippen LogP contribution >= 0.6 is 12.4 Å². The van der Waals surface area contributed by atoms with E-state index in [1.54, 1.807) is 25.1 Å². The third kappa shape index (κ3) is 6.67. The lowest BCUT2D eigenvalue weighted by atomic mass is 10.1. The molecule has 1 aliphatic rings. The molecule has 0 heterocycles. The van der Waals surface area contributed by atoms with E-state index in [2.05, 4.69) is 15.4 Å². The van der Waals surface area contributed by atoms with Crippen molar-refractivity contribution in [2.45, 2.75) is 33.1 Å². The van der Waals surface area contributed by atoms with Gasteiger partial charge in [0.25, 0.3) is 0 Å². The van der Waals surface area contributed by atoms with Gasteiger partial charge in [-0.1, -0.05) is 13.0 Å². The molecule has 136 valence electrons. The molecular weight excluding hydrogens is 350 g/mol. The highest BCUT2D eigenvalue weighted by Gasteiger charge is 2.20. The van der Waals surface area contributed by atoms with Crippen molar-refractivity contribution in [3.05, 3.63) is 23.8 Å². The highest BCUT2D eigenvalue weighted by molar-refractivity contribution is 7.92. The van der Waals surface area contributed by atoms with E-state index in [0.717, 1.165) is 12.5 Å². The van der Waals surface area contributed by atoms with Gasteiger partial charge in [0.15, 0.2) is 0 Å². The van der Waals surface area contributed by atoms with Gasteiger partial charge in [0, 0.05) is 5.69 Å². The number of amides is 1. The van der Waals surface area contributed by atoms with E-state index in [9.17, 15) is 13.2 Å². The third-order valence-corrected chi connectivity index (χ3v) is 5.24. The summed E-state index contributed by atoms with van der Waals surface area (Å²) in [5.41, 5.74) is 1.84. The van der Waals surface area contributed by atoms with Crippen molar-refractivity contribution in [2.24, 2.45) is 5.92 Å². The number of benzene rings is 1. The minimum atomic E-state index is -3.34. The Balaban J connectivity index is 0.00000288. The summed E-state index contributed by atoms with van der Waals surface area (Å²) in [6, 6.07) is 5.19. The first-order valence-corrected chi connectivity index (χ1v) is 9.67. The Morgan fingerprint density at radius 3 is 2.54 bits per heavy atom. The highest BCUT2D eigenvalue weighted by atomic mass is 35.5. The van der Waals surface area contributed by atoms with E-state index in [1.807, 2.05) is 6.92 Å². The van der Waals surface area contributed by atoms with Crippen LogP contribution in [0.5, 0.6) is 0 Å². The van der Waals surface area contributed by atoms with Crippen LogP contribution in [0.1, 0.15) is 31.7 Å². The molecule has 24 heavy (non-hydrogen) atoms. The molecule has 1 aromatic carbocycles. The molecule has 0 bridgehead atoms. The van der Waals surface area contributed by atoms with Crippen molar-refractivity contribution >= 4 is 39.7 Å². The fourth-order valence-electron chi connectivity index (χ4n) is 2.28. The number of carbonyl (C=O) groups excluding carboxylic acids is 1. The van der Waals surface area contributed by atoms with E-state index >= 15 is 0 Å². The molecule has 0 spiro atoms. The Morgan fingerprint density at radius 1 is 1.25 bits per heavy atom. The molecule has 0 aliphatic heterocycles. The molecule has 1 saturated carbocycles. The monoisotopic (exact) mass is 375 g/mol. The maximum absolute atomic E-state index is 12.0. The molecule has 0 unspecified atom stereocenters. The topological polar surface area (TPSA) is 87.3 Å². The smallest absolute Gasteiger partial charge is 0.238 e. The van der Waals surface area contributed by atoms with Gasteiger partial charge in [-0.25, -0.2) is 8.42 Å². The molecule has 8 heteroatoms. The zero-order chi connectivity index (χ0) is 16.9. The lowest BCUT2D eigenvalue weighted by Gasteiger charge is -2.14. The van der Waals surface area contributed by atoms with E-state index in [0.29, 0.717) is 23.4 Å². The molecule has 1 aliphatic carbocycles. The number of nitrogens with one attached hydrogen (secondary N) is 3. The van der Waals surface area contributed by atoms with Crippen LogP contribution in [-0.4, -0.2) is 33.2 Å². The average Bonchev–Trinajstić information content (AvgIpc) is 3.27. The summed E-state index contributed by atoms with van der Waals surface area (Å²) >= 11 is 0. The van der Waals surface area contributed by atoms with Crippen LogP contribution in [0.3, 0.4) is 0 Å². The number of carbonyl (C=O) groups is 1. The van der Waals surface area contributed by atoms with Crippen LogP contribution in [-0.2, 0) is 14.8 Å². The maximum atomic E-state index is 12.0. The summed E-state index contributed by atoms with van der Waals surface area (Å²) in [5.74, 6) is 0.678. The summed E-state index contributed by atoms with van der Waals surface area (Å²) in [7, 11) is -3.34. The van der Waals surface area contributed by atoms with Crippen LogP contribution in [0.25, 0.3) is 0 Å². The molecule has 1 aromatic rings. The largest absolute Gasteiger partial charge is 0.325 e. The van der Waals surface area contributed by atoms with Gasteiger partial charge in [-0.2, -0.15) is 0 Å². The molecule has 1 fully saturated rings. The van der Waals surface area contributed by atoms with Crippen LogP contribution in [0, 0.1) is 12.8 Å². The summed E-state index contributed by atoms with van der Waals surface area (Å²) in [4.78, 5) is 12.0. The Morgan fingerprint density at radius 2 is 1.92 bits per heavy atom. The number of rotatable bonds is 9. The number of anilines is 2. The second-order valence-electron chi connectivity index (χ2n) is 6.02. The molecule has 0 aromatic heterocycles. The minimum absolute atomic E-state index is 0. The normalized spacial score (nSPS) is 13.9. The first-order valence-electron chi connectivity index (χ1n) is 8.02. The van der Waals surface area contributed by atoms with Gasteiger partial charge in [-0.15, -0.1) is 12.4 Å². The Hall–Kier alpha value is -1.31. The lowest BCUT2D eigenvalue weighted by molar-refractivity contribution is -0.115. The summed E-state index contributed by atoms with van der Waals surface area (Å²) in [6.07, 6.45) is 3.04. The summed E-state index contributed by atoms with van der Waals surface area (Å²) in [6.45, 7) is 4.75.